The first-order chi connectivity index (χ1) is 17.5. The summed E-state index contributed by atoms with van der Waals surface area (Å²) in [4.78, 5) is 0. The predicted molar refractivity (Wildman–Crippen MR) is 122 cm³/mol. The van der Waals surface area contributed by atoms with Gasteiger partial charge in [-0.15, -0.1) is 0 Å². The fourth-order valence-corrected chi connectivity index (χ4v) is 5.01. The van der Waals surface area contributed by atoms with Gasteiger partial charge in [0.25, 0.3) is 0 Å². The first-order valence-electron chi connectivity index (χ1n) is 11.9. The molecule has 3 saturated heterocycles. The standard InChI is InChI=1S/C23H42O13/c1-24-12-9-33-22(19(30-7)15(12)26-3)36-20-16(27-4)13(25-2)10-34-23(20)35-14-11-32-21(31-8)18(29-6)17(14)28-5/h12-23H,9-11H2,1-8H3. The van der Waals surface area contributed by atoms with Crippen LogP contribution in [0.5, 0.6) is 0 Å². The summed E-state index contributed by atoms with van der Waals surface area (Å²) < 4.78 is 75.6. The molecule has 3 aliphatic rings. The van der Waals surface area contributed by atoms with Crippen molar-refractivity contribution in [3.05, 3.63) is 0 Å². The van der Waals surface area contributed by atoms with Gasteiger partial charge < -0.3 is 61.6 Å². The van der Waals surface area contributed by atoms with Crippen molar-refractivity contribution in [2.45, 2.75) is 73.8 Å². The van der Waals surface area contributed by atoms with Gasteiger partial charge in [0, 0.05) is 56.9 Å². The van der Waals surface area contributed by atoms with Crippen LogP contribution in [0.25, 0.3) is 0 Å². The fourth-order valence-electron chi connectivity index (χ4n) is 5.01. The van der Waals surface area contributed by atoms with E-state index < -0.39 is 67.7 Å². The lowest BCUT2D eigenvalue weighted by molar-refractivity contribution is -0.368. The van der Waals surface area contributed by atoms with E-state index in [4.69, 9.17) is 61.6 Å². The maximum Gasteiger partial charge on any atom is 0.187 e. The molecule has 0 aromatic heterocycles. The van der Waals surface area contributed by atoms with Crippen molar-refractivity contribution in [3.63, 3.8) is 0 Å². The summed E-state index contributed by atoms with van der Waals surface area (Å²) in [6, 6.07) is 0. The van der Waals surface area contributed by atoms with Crippen LogP contribution in [0.4, 0.5) is 0 Å². The molecule has 0 saturated carbocycles. The van der Waals surface area contributed by atoms with Gasteiger partial charge in [-0.3, -0.25) is 0 Å². The van der Waals surface area contributed by atoms with Gasteiger partial charge in [-0.2, -0.15) is 0 Å². The van der Waals surface area contributed by atoms with Crippen LogP contribution in [0.15, 0.2) is 0 Å². The minimum Gasteiger partial charge on any atom is -0.376 e. The molecule has 3 aliphatic heterocycles. The van der Waals surface area contributed by atoms with Crippen molar-refractivity contribution in [1.82, 2.24) is 0 Å². The van der Waals surface area contributed by atoms with Gasteiger partial charge in [0.2, 0.25) is 0 Å². The molecule has 12 unspecified atom stereocenters. The third kappa shape index (κ3) is 6.37. The van der Waals surface area contributed by atoms with Gasteiger partial charge in [-0.25, -0.2) is 0 Å². The second-order valence-electron chi connectivity index (χ2n) is 8.67. The average molecular weight is 527 g/mol. The molecule has 0 aromatic rings. The monoisotopic (exact) mass is 526 g/mol. The molecule has 36 heavy (non-hydrogen) atoms. The highest BCUT2D eigenvalue weighted by Crippen LogP contribution is 2.32. The van der Waals surface area contributed by atoms with Crippen molar-refractivity contribution in [1.29, 1.82) is 0 Å². The molecule has 3 rings (SSSR count). The maximum absolute atomic E-state index is 6.44. The van der Waals surface area contributed by atoms with Gasteiger partial charge >= 0.3 is 0 Å². The molecule has 0 aromatic carbocycles. The summed E-state index contributed by atoms with van der Waals surface area (Å²) in [7, 11) is 12.6. The van der Waals surface area contributed by atoms with E-state index in [0.29, 0.717) is 0 Å². The minimum atomic E-state index is -0.869. The summed E-state index contributed by atoms with van der Waals surface area (Å²) in [5, 5.41) is 0. The third-order valence-corrected chi connectivity index (χ3v) is 6.95. The van der Waals surface area contributed by atoms with E-state index in [-0.39, 0.29) is 25.9 Å². The van der Waals surface area contributed by atoms with Crippen LogP contribution >= 0.6 is 0 Å². The van der Waals surface area contributed by atoms with Gasteiger partial charge in [0.15, 0.2) is 18.9 Å². The quantitative estimate of drug-likeness (QED) is 0.328. The third-order valence-electron chi connectivity index (χ3n) is 6.95. The summed E-state index contributed by atoms with van der Waals surface area (Å²) in [6.07, 6.45) is -6.85. The van der Waals surface area contributed by atoms with Crippen LogP contribution in [0.1, 0.15) is 0 Å². The number of ether oxygens (including phenoxy) is 13. The summed E-state index contributed by atoms with van der Waals surface area (Å²) in [5.74, 6) is 0. The summed E-state index contributed by atoms with van der Waals surface area (Å²) in [6.45, 7) is 0.668. The molecular formula is C23H42O13. The minimum absolute atomic E-state index is 0.191. The topological polar surface area (TPSA) is 120 Å². The lowest BCUT2D eigenvalue weighted by atomic mass is 10.0. The Morgan fingerprint density at radius 2 is 0.750 bits per heavy atom. The lowest BCUT2D eigenvalue weighted by Gasteiger charge is -2.47. The van der Waals surface area contributed by atoms with Crippen molar-refractivity contribution in [3.8, 4) is 0 Å². The largest absolute Gasteiger partial charge is 0.376 e. The second-order valence-corrected chi connectivity index (χ2v) is 8.67. The zero-order chi connectivity index (χ0) is 26.2. The smallest absolute Gasteiger partial charge is 0.187 e. The van der Waals surface area contributed by atoms with Crippen LogP contribution in [-0.4, -0.2) is 151 Å². The number of methoxy groups -OCH3 is 8. The zero-order valence-corrected chi connectivity index (χ0v) is 22.4. The highest BCUT2D eigenvalue weighted by atomic mass is 16.8. The molecule has 3 fully saturated rings. The van der Waals surface area contributed by atoms with Crippen molar-refractivity contribution >= 4 is 0 Å². The summed E-state index contributed by atoms with van der Waals surface area (Å²) in [5.41, 5.74) is 0. The Morgan fingerprint density at radius 1 is 0.361 bits per heavy atom. The Bertz CT molecular complexity index is 627. The Morgan fingerprint density at radius 3 is 1.22 bits per heavy atom. The van der Waals surface area contributed by atoms with Crippen LogP contribution in [0, 0.1) is 0 Å². The van der Waals surface area contributed by atoms with E-state index in [1.807, 2.05) is 0 Å². The van der Waals surface area contributed by atoms with E-state index in [1.54, 1.807) is 56.9 Å². The SMILES string of the molecule is COC1COC(OC2C(OC3COC(OC)C(OC)C3OC)OCC(OC)C2OC)C(OC)C1OC. The van der Waals surface area contributed by atoms with Crippen LogP contribution in [-0.2, 0) is 61.6 Å². The molecule has 0 radical (unpaired) electrons. The van der Waals surface area contributed by atoms with Gasteiger partial charge in [0.05, 0.1) is 19.8 Å². The van der Waals surface area contributed by atoms with Crippen molar-refractivity contribution in [2.24, 2.45) is 0 Å². The van der Waals surface area contributed by atoms with E-state index in [9.17, 15) is 0 Å². The van der Waals surface area contributed by atoms with Gasteiger partial charge in [0.1, 0.15) is 54.9 Å². The normalized spacial score (nSPS) is 44.0. The number of hydrogen-bond acceptors (Lipinski definition) is 13. The van der Waals surface area contributed by atoms with Crippen molar-refractivity contribution in [2.75, 3.05) is 76.7 Å². The Labute approximate surface area is 212 Å². The first kappa shape index (κ1) is 30.0. The van der Waals surface area contributed by atoms with E-state index in [1.165, 1.54) is 0 Å². The molecule has 0 spiro atoms. The highest BCUT2D eigenvalue weighted by Gasteiger charge is 2.51. The molecule has 12 atom stereocenters. The molecule has 0 bridgehead atoms. The van der Waals surface area contributed by atoms with Gasteiger partial charge in [-0.05, 0) is 0 Å². The molecule has 0 aliphatic carbocycles. The lowest BCUT2D eigenvalue weighted by Crippen LogP contribution is -2.63. The van der Waals surface area contributed by atoms with Crippen LogP contribution in [0.3, 0.4) is 0 Å². The Kier molecular flexibility index (Phi) is 12.2. The highest BCUT2D eigenvalue weighted by molar-refractivity contribution is 4.93. The summed E-state index contributed by atoms with van der Waals surface area (Å²) >= 11 is 0. The van der Waals surface area contributed by atoms with Crippen LogP contribution < -0.4 is 0 Å². The number of rotatable bonds is 12. The van der Waals surface area contributed by atoms with Crippen LogP contribution in [0.2, 0.25) is 0 Å². The second kappa shape index (κ2) is 14.6. The van der Waals surface area contributed by atoms with Gasteiger partial charge in [-0.1, -0.05) is 0 Å². The van der Waals surface area contributed by atoms with E-state index >= 15 is 0 Å². The average Bonchev–Trinajstić information content (AvgIpc) is 2.92. The molecule has 0 N–H and O–H groups in total. The zero-order valence-electron chi connectivity index (χ0n) is 22.4. The molecule has 3 heterocycles. The molecule has 0 amide bonds. The molecule has 13 heteroatoms. The predicted octanol–water partition coefficient (Wildman–Crippen LogP) is -0.423. The first-order valence-corrected chi connectivity index (χ1v) is 11.9. The number of hydrogen-bond donors (Lipinski definition) is 0. The molecule has 212 valence electrons. The molecule has 13 nitrogen and oxygen atoms in total. The maximum atomic E-state index is 6.44. The molecular weight excluding hydrogens is 484 g/mol. The Balaban J connectivity index is 1.82. The van der Waals surface area contributed by atoms with E-state index in [2.05, 4.69) is 0 Å². The Hall–Kier alpha value is -0.520. The fraction of sp³-hybridized carbons (Fsp3) is 1.00. The van der Waals surface area contributed by atoms with Crippen molar-refractivity contribution < 1.29 is 61.6 Å². The van der Waals surface area contributed by atoms with E-state index in [0.717, 1.165) is 0 Å².